The number of hydrogen-bond donors (Lipinski definition) is 0. The number of benzene rings is 11. The lowest BCUT2D eigenvalue weighted by Crippen LogP contribution is -2.10. The van der Waals surface area contributed by atoms with E-state index in [1.807, 2.05) is 0 Å². The summed E-state index contributed by atoms with van der Waals surface area (Å²) in [6.45, 7) is 0. The molecular weight excluding hydrogens is 813 g/mol. The van der Waals surface area contributed by atoms with E-state index in [9.17, 15) is 0 Å². The van der Waals surface area contributed by atoms with Gasteiger partial charge in [-0.05, 0) is 129 Å². The smallest absolute Gasteiger partial charge is 0.0541 e. The van der Waals surface area contributed by atoms with Crippen LogP contribution in [0.3, 0.4) is 0 Å². The highest BCUT2D eigenvalue weighted by molar-refractivity contribution is 6.12. The molecule has 0 radical (unpaired) electrons. The maximum absolute atomic E-state index is 2.42. The third-order valence-corrected chi connectivity index (χ3v) is 13.8. The summed E-state index contributed by atoms with van der Waals surface area (Å²) in [6, 6.07) is 86.2. The summed E-state index contributed by atoms with van der Waals surface area (Å²) in [5.41, 5.74) is 15.2. The molecule has 320 valence electrons. The normalized spacial score (nSPS) is 11.5. The molecule has 4 heteroatoms. The van der Waals surface area contributed by atoms with Crippen LogP contribution in [0.25, 0.3) is 82.1 Å². The lowest BCUT2D eigenvalue weighted by molar-refractivity contribution is 1.16. The van der Waals surface area contributed by atoms with Crippen molar-refractivity contribution in [3.05, 3.63) is 237 Å². The van der Waals surface area contributed by atoms with Crippen molar-refractivity contribution in [1.29, 1.82) is 0 Å². The van der Waals surface area contributed by atoms with Gasteiger partial charge in [-0.3, -0.25) is 0 Å². The molecule has 0 spiro atoms. The van der Waals surface area contributed by atoms with Crippen molar-refractivity contribution in [2.75, 3.05) is 35.8 Å². The van der Waals surface area contributed by atoms with Crippen molar-refractivity contribution < 1.29 is 0 Å². The Labute approximate surface area is 391 Å². The Bertz CT molecular complexity index is 3590. The highest BCUT2D eigenvalue weighted by Crippen LogP contribution is 2.40. The molecule has 1 heterocycles. The fourth-order valence-corrected chi connectivity index (χ4v) is 10.2. The van der Waals surface area contributed by atoms with E-state index in [4.69, 9.17) is 0 Å². The first-order valence-corrected chi connectivity index (χ1v) is 23.0. The summed E-state index contributed by atoms with van der Waals surface area (Å²) in [5, 5.41) is 9.88. The van der Waals surface area contributed by atoms with E-state index in [0.717, 1.165) is 22.7 Å². The van der Waals surface area contributed by atoms with Gasteiger partial charge in [0.25, 0.3) is 0 Å². The van der Waals surface area contributed by atoms with Gasteiger partial charge >= 0.3 is 0 Å². The van der Waals surface area contributed by atoms with Crippen LogP contribution in [0.15, 0.2) is 237 Å². The number of aromatic nitrogens is 1. The van der Waals surface area contributed by atoms with Gasteiger partial charge in [-0.15, -0.1) is 0 Å². The van der Waals surface area contributed by atoms with Gasteiger partial charge in [0.15, 0.2) is 0 Å². The zero-order valence-electron chi connectivity index (χ0n) is 37.8. The lowest BCUT2D eigenvalue weighted by Gasteiger charge is -2.22. The van der Waals surface area contributed by atoms with Gasteiger partial charge in [-0.1, -0.05) is 146 Å². The van der Waals surface area contributed by atoms with Crippen LogP contribution in [0.4, 0.5) is 34.1 Å². The molecule has 0 saturated carbocycles. The average molecular weight is 861 g/mol. The van der Waals surface area contributed by atoms with E-state index in [-0.39, 0.29) is 0 Å². The Morgan fingerprint density at radius 1 is 0.269 bits per heavy atom. The summed E-state index contributed by atoms with van der Waals surface area (Å²) in [5.74, 6) is 0. The fourth-order valence-electron chi connectivity index (χ4n) is 10.2. The molecule has 0 amide bonds. The van der Waals surface area contributed by atoms with E-state index >= 15 is 0 Å². The maximum atomic E-state index is 2.42. The molecule has 0 fully saturated rings. The van der Waals surface area contributed by atoms with Crippen LogP contribution in [-0.4, -0.2) is 25.7 Å². The first-order valence-electron chi connectivity index (χ1n) is 23.0. The number of fused-ring (bicyclic) bond motifs is 6. The van der Waals surface area contributed by atoms with Gasteiger partial charge in [-0.25, -0.2) is 0 Å². The van der Waals surface area contributed by atoms with E-state index < -0.39 is 0 Å². The molecule has 12 aromatic rings. The van der Waals surface area contributed by atoms with Gasteiger partial charge in [-0.2, -0.15) is 0 Å². The minimum Gasteiger partial charge on any atom is -0.344 e. The summed E-state index contributed by atoms with van der Waals surface area (Å²) in [7, 11) is 6.46. The average Bonchev–Trinajstić information content (AvgIpc) is 3.73. The van der Waals surface area contributed by atoms with Gasteiger partial charge < -0.3 is 19.3 Å². The predicted octanol–water partition coefficient (Wildman–Crippen LogP) is 16.9. The van der Waals surface area contributed by atoms with Gasteiger partial charge in [0.2, 0.25) is 0 Å². The Morgan fingerprint density at radius 3 is 0.955 bits per heavy atom. The number of hydrogen-bond acceptors (Lipinski definition) is 3. The number of anilines is 6. The molecule has 0 aliphatic heterocycles. The van der Waals surface area contributed by atoms with Crippen LogP contribution in [0.2, 0.25) is 0 Å². The van der Waals surface area contributed by atoms with E-state index in [2.05, 4.69) is 277 Å². The van der Waals surface area contributed by atoms with Crippen LogP contribution in [0.5, 0.6) is 0 Å². The molecule has 0 aliphatic rings. The first kappa shape index (κ1) is 40.0. The summed E-state index contributed by atoms with van der Waals surface area (Å²) >= 11 is 0. The van der Waals surface area contributed by atoms with Crippen molar-refractivity contribution in [2.24, 2.45) is 0 Å². The number of nitrogens with zero attached hydrogens (tertiary/aromatic N) is 4. The quantitative estimate of drug-likeness (QED) is 0.144. The van der Waals surface area contributed by atoms with Crippen molar-refractivity contribution in [2.45, 2.75) is 0 Å². The Hall–Kier alpha value is -8.60. The van der Waals surface area contributed by atoms with E-state index in [1.54, 1.807) is 0 Å². The van der Waals surface area contributed by atoms with Crippen molar-refractivity contribution in [3.8, 4) is 27.9 Å². The van der Waals surface area contributed by atoms with Crippen LogP contribution in [0.1, 0.15) is 0 Å². The molecule has 0 N–H and O–H groups in total. The van der Waals surface area contributed by atoms with Gasteiger partial charge in [0.1, 0.15) is 0 Å². The molecule has 0 atom stereocenters. The monoisotopic (exact) mass is 860 g/mol. The van der Waals surface area contributed by atoms with Crippen molar-refractivity contribution in [1.82, 2.24) is 4.57 Å². The largest absolute Gasteiger partial charge is 0.344 e. The first-order chi connectivity index (χ1) is 33.0. The minimum atomic E-state index is 1.12. The van der Waals surface area contributed by atoms with E-state index in [0.29, 0.717) is 0 Å². The zero-order chi connectivity index (χ0) is 45.0. The molecule has 0 saturated heterocycles. The van der Waals surface area contributed by atoms with E-state index in [1.165, 1.54) is 93.4 Å². The molecule has 0 unspecified atom stereocenters. The Kier molecular flexibility index (Phi) is 9.80. The molecule has 1 aromatic heterocycles. The predicted molar refractivity (Wildman–Crippen MR) is 288 cm³/mol. The highest BCUT2D eigenvalue weighted by atomic mass is 15.1. The molecule has 12 rings (SSSR count). The highest BCUT2D eigenvalue weighted by Gasteiger charge is 2.17. The third-order valence-electron chi connectivity index (χ3n) is 13.8. The molecule has 0 aliphatic carbocycles. The molecule has 67 heavy (non-hydrogen) atoms. The van der Waals surface area contributed by atoms with Crippen LogP contribution < -0.4 is 14.7 Å². The Morgan fingerprint density at radius 2 is 0.582 bits per heavy atom. The molecule has 11 aromatic carbocycles. The Balaban J connectivity index is 0.927. The van der Waals surface area contributed by atoms with Crippen LogP contribution in [-0.2, 0) is 0 Å². The summed E-state index contributed by atoms with van der Waals surface area (Å²) < 4.78 is 2.42. The topological polar surface area (TPSA) is 14.7 Å². The maximum Gasteiger partial charge on any atom is 0.0541 e. The van der Waals surface area contributed by atoms with Gasteiger partial charge in [0, 0.05) is 87.9 Å². The minimum absolute atomic E-state index is 1.12. The second-order valence-electron chi connectivity index (χ2n) is 17.6. The lowest BCUT2D eigenvalue weighted by atomic mass is 9.99. The fraction of sp³-hybridized carbons (Fsp3) is 0.0476. The SMILES string of the molecule is CN(c1ccc(-c2ccc3c(c2)c2cc(-c4ccc(N(C)c5cccc6ccccc56)cc4)ccc2n3-c2ccc(N(C)c3cccc4ccccc34)cc2)cc1)c1cccc2ccccc12. The molecular formula is C63H48N4. The molecule has 4 nitrogen and oxygen atoms in total. The van der Waals surface area contributed by atoms with Crippen LogP contribution >= 0.6 is 0 Å². The van der Waals surface area contributed by atoms with Crippen LogP contribution in [0, 0.1) is 0 Å². The van der Waals surface area contributed by atoms with Crippen molar-refractivity contribution >= 4 is 88.2 Å². The van der Waals surface area contributed by atoms with Gasteiger partial charge in [0.05, 0.1) is 11.0 Å². The summed E-state index contributed by atoms with van der Waals surface area (Å²) in [6.07, 6.45) is 0. The standard InChI is InChI=1S/C63H48N4/c1-64(59-22-10-16-45-13-4-7-19-54(45)59)50-31-25-43(26-32-50)48-29-39-62-57(41-48)58-42-49(44-27-33-51(34-28-44)65(2)60-23-11-17-46-14-5-8-20-55(46)60)30-40-63(58)67(62)53-37-35-52(36-38-53)66(3)61-24-12-18-47-15-6-9-21-56(47)61/h4-42H,1-3H3. The summed E-state index contributed by atoms with van der Waals surface area (Å²) in [4.78, 5) is 6.85. The number of rotatable bonds is 9. The third kappa shape index (κ3) is 7.02. The van der Waals surface area contributed by atoms with Crippen molar-refractivity contribution in [3.63, 3.8) is 0 Å². The molecule has 0 bridgehead atoms. The second kappa shape index (κ2) is 16.4. The second-order valence-corrected chi connectivity index (χ2v) is 17.6. The zero-order valence-corrected chi connectivity index (χ0v) is 37.8.